The van der Waals surface area contributed by atoms with Crippen LogP contribution < -0.4 is 11.1 Å². The zero-order chi connectivity index (χ0) is 15.4. The number of anilines is 2. The Kier molecular flexibility index (Phi) is 4.69. The van der Waals surface area contributed by atoms with Crippen molar-refractivity contribution in [2.75, 3.05) is 30.7 Å². The van der Waals surface area contributed by atoms with E-state index in [-0.39, 0.29) is 23.5 Å². The molecule has 8 nitrogen and oxygen atoms in total. The van der Waals surface area contributed by atoms with Crippen LogP contribution in [0.25, 0.3) is 0 Å². The highest BCUT2D eigenvalue weighted by molar-refractivity contribution is 6.04. The van der Waals surface area contributed by atoms with E-state index in [1.807, 2.05) is 0 Å². The highest BCUT2D eigenvalue weighted by Crippen LogP contribution is 2.21. The third kappa shape index (κ3) is 3.46. The van der Waals surface area contributed by atoms with E-state index in [1.54, 1.807) is 11.8 Å². The molecule has 0 aromatic carbocycles. The molecule has 0 spiro atoms. The van der Waals surface area contributed by atoms with Gasteiger partial charge in [0.05, 0.1) is 5.56 Å². The molecule has 0 radical (unpaired) electrons. The summed E-state index contributed by atoms with van der Waals surface area (Å²) in [5.74, 6) is 0.504. The van der Waals surface area contributed by atoms with E-state index >= 15 is 0 Å². The minimum Gasteiger partial charge on any atom is -0.387 e. The smallest absolute Gasteiger partial charge is 0.248 e. The Morgan fingerprint density at radius 1 is 1.62 bits per heavy atom. The Hall–Kier alpha value is -2.22. The number of rotatable bonds is 4. The first-order valence-corrected chi connectivity index (χ1v) is 6.84. The summed E-state index contributed by atoms with van der Waals surface area (Å²) < 4.78 is 0. The van der Waals surface area contributed by atoms with E-state index < -0.39 is 6.61 Å². The Balaban J connectivity index is 2.13. The maximum Gasteiger partial charge on any atom is 0.248 e. The number of nitrogens with two attached hydrogens (primary N) is 1. The van der Waals surface area contributed by atoms with Gasteiger partial charge in [-0.05, 0) is 19.8 Å². The van der Waals surface area contributed by atoms with Crippen LogP contribution in [0.15, 0.2) is 6.33 Å². The number of nitrogens with zero attached hydrogens (tertiary/aromatic N) is 3. The van der Waals surface area contributed by atoms with Crippen molar-refractivity contribution in [2.24, 2.45) is 0 Å². The maximum atomic E-state index is 11.6. The molecule has 2 rings (SSSR count). The van der Waals surface area contributed by atoms with Crippen molar-refractivity contribution in [3.05, 3.63) is 11.9 Å². The van der Waals surface area contributed by atoms with Crippen LogP contribution in [0.5, 0.6) is 0 Å². The predicted octanol–water partition coefficient (Wildman–Crippen LogP) is -0.158. The van der Waals surface area contributed by atoms with Gasteiger partial charge in [-0.25, -0.2) is 9.97 Å². The molecule has 1 aliphatic heterocycles. The van der Waals surface area contributed by atoms with E-state index in [0.717, 1.165) is 12.8 Å². The number of piperidine rings is 1. The number of likely N-dealkylation sites (tertiary alicyclic amines) is 1. The van der Waals surface area contributed by atoms with Gasteiger partial charge in [-0.3, -0.25) is 4.79 Å². The Morgan fingerprint density at radius 2 is 2.38 bits per heavy atom. The van der Waals surface area contributed by atoms with Crippen molar-refractivity contribution < 1.29 is 9.90 Å². The molecule has 1 aromatic heterocycles. The van der Waals surface area contributed by atoms with Gasteiger partial charge < -0.3 is 26.5 Å². The topological polar surface area (TPSA) is 128 Å². The number of aliphatic hydroxyl groups excluding tert-OH is 1. The normalized spacial score (nSPS) is 18.4. The molecule has 114 valence electrons. The van der Waals surface area contributed by atoms with Crippen LogP contribution in [-0.4, -0.2) is 57.3 Å². The lowest BCUT2D eigenvalue weighted by atomic mass is 10.0. The lowest BCUT2D eigenvalue weighted by Crippen LogP contribution is -2.46. The number of amides is 1. The van der Waals surface area contributed by atoms with Gasteiger partial charge >= 0.3 is 0 Å². The van der Waals surface area contributed by atoms with Crippen LogP contribution >= 0.6 is 0 Å². The van der Waals surface area contributed by atoms with Crippen LogP contribution in [0.3, 0.4) is 0 Å². The van der Waals surface area contributed by atoms with Crippen LogP contribution in [0.4, 0.5) is 11.6 Å². The highest BCUT2D eigenvalue weighted by atomic mass is 16.3. The van der Waals surface area contributed by atoms with Gasteiger partial charge in [0.15, 0.2) is 0 Å². The molecule has 1 fully saturated rings. The average Bonchev–Trinajstić information content (AvgIpc) is 2.46. The van der Waals surface area contributed by atoms with Crippen LogP contribution in [0.1, 0.15) is 25.3 Å². The monoisotopic (exact) mass is 292 g/mol. The third-order valence-electron chi connectivity index (χ3n) is 3.50. The van der Waals surface area contributed by atoms with Gasteiger partial charge in [0, 0.05) is 24.8 Å². The highest BCUT2D eigenvalue weighted by Gasteiger charge is 2.24. The molecule has 1 amide bonds. The van der Waals surface area contributed by atoms with E-state index in [4.69, 9.17) is 16.2 Å². The lowest BCUT2D eigenvalue weighted by Gasteiger charge is -2.33. The molecule has 5 N–H and O–H groups in total. The summed E-state index contributed by atoms with van der Waals surface area (Å²) in [5, 5.41) is 19.9. The summed E-state index contributed by atoms with van der Waals surface area (Å²) in [4.78, 5) is 21.2. The molecule has 2 heterocycles. The van der Waals surface area contributed by atoms with Gasteiger partial charge in [-0.2, -0.15) is 0 Å². The SMILES string of the molecule is CC(=N)c1c(N)ncnc1NC1CCCN(C(=O)CO)C1. The first-order valence-electron chi connectivity index (χ1n) is 6.84. The number of aliphatic hydroxyl groups is 1. The standard InChI is InChI=1S/C13H20N6O2/c1-8(14)11-12(15)16-7-17-13(11)18-9-3-2-4-19(5-9)10(21)6-20/h7,9,14,20H,2-6H2,1H3,(H3,15,16,17,18). The van der Waals surface area contributed by atoms with Crippen LogP contribution in [0, 0.1) is 5.41 Å². The first-order chi connectivity index (χ1) is 10.0. The minimum atomic E-state index is -0.474. The number of carbonyl (C=O) groups excluding carboxylic acids is 1. The van der Waals surface area contributed by atoms with Gasteiger partial charge in [0.2, 0.25) is 5.91 Å². The van der Waals surface area contributed by atoms with Gasteiger partial charge in [0.25, 0.3) is 0 Å². The van der Waals surface area contributed by atoms with Crippen molar-refractivity contribution in [2.45, 2.75) is 25.8 Å². The van der Waals surface area contributed by atoms with E-state index in [0.29, 0.717) is 24.5 Å². The molecule has 1 unspecified atom stereocenters. The summed E-state index contributed by atoms with van der Waals surface area (Å²) in [6, 6.07) is 0.0154. The molecule has 1 aromatic rings. The fourth-order valence-electron chi connectivity index (χ4n) is 2.49. The summed E-state index contributed by atoms with van der Waals surface area (Å²) in [6.45, 7) is 2.31. The lowest BCUT2D eigenvalue weighted by molar-refractivity contribution is -0.135. The zero-order valence-corrected chi connectivity index (χ0v) is 12.0. The van der Waals surface area contributed by atoms with E-state index in [2.05, 4.69) is 15.3 Å². The average molecular weight is 292 g/mol. The fraction of sp³-hybridized carbons (Fsp3) is 0.538. The zero-order valence-electron chi connectivity index (χ0n) is 12.0. The number of hydrogen-bond acceptors (Lipinski definition) is 7. The molecule has 1 atom stereocenters. The Labute approximate surface area is 122 Å². The summed E-state index contributed by atoms with van der Waals surface area (Å²) >= 11 is 0. The van der Waals surface area contributed by atoms with Crippen molar-refractivity contribution in [1.29, 1.82) is 5.41 Å². The molecule has 0 saturated carbocycles. The molecule has 0 aliphatic carbocycles. The molecule has 21 heavy (non-hydrogen) atoms. The summed E-state index contributed by atoms with van der Waals surface area (Å²) in [6.07, 6.45) is 3.09. The number of nitrogen functional groups attached to an aromatic ring is 1. The Morgan fingerprint density at radius 3 is 3.05 bits per heavy atom. The summed E-state index contributed by atoms with van der Waals surface area (Å²) in [7, 11) is 0. The second-order valence-corrected chi connectivity index (χ2v) is 5.09. The third-order valence-corrected chi connectivity index (χ3v) is 3.50. The molecule has 1 aliphatic rings. The maximum absolute atomic E-state index is 11.6. The quantitative estimate of drug-likeness (QED) is 0.571. The molecule has 8 heteroatoms. The van der Waals surface area contributed by atoms with Crippen LogP contribution in [-0.2, 0) is 4.79 Å². The largest absolute Gasteiger partial charge is 0.387 e. The second-order valence-electron chi connectivity index (χ2n) is 5.09. The number of carbonyl (C=O) groups is 1. The molecule has 1 saturated heterocycles. The Bertz CT molecular complexity index is 547. The van der Waals surface area contributed by atoms with Gasteiger partial charge in [-0.1, -0.05) is 0 Å². The number of aromatic nitrogens is 2. The minimum absolute atomic E-state index is 0.0154. The van der Waals surface area contributed by atoms with Gasteiger partial charge in [-0.15, -0.1) is 0 Å². The van der Waals surface area contributed by atoms with Crippen molar-refractivity contribution in [3.63, 3.8) is 0 Å². The molecule has 0 bridgehead atoms. The second kappa shape index (κ2) is 6.49. The van der Waals surface area contributed by atoms with E-state index in [9.17, 15) is 4.79 Å². The van der Waals surface area contributed by atoms with E-state index in [1.165, 1.54) is 6.33 Å². The van der Waals surface area contributed by atoms with Gasteiger partial charge in [0.1, 0.15) is 24.6 Å². The van der Waals surface area contributed by atoms with Crippen molar-refractivity contribution in [3.8, 4) is 0 Å². The predicted molar refractivity (Wildman–Crippen MR) is 79.3 cm³/mol. The number of hydrogen-bond donors (Lipinski definition) is 4. The molecular formula is C13H20N6O2. The first kappa shape index (κ1) is 15.2. The van der Waals surface area contributed by atoms with Crippen LogP contribution in [0.2, 0.25) is 0 Å². The van der Waals surface area contributed by atoms with Crippen molar-refractivity contribution in [1.82, 2.24) is 14.9 Å². The molecular weight excluding hydrogens is 272 g/mol. The summed E-state index contributed by atoms with van der Waals surface area (Å²) in [5.41, 5.74) is 6.57. The number of nitrogens with one attached hydrogen (secondary N) is 2. The fourth-order valence-corrected chi connectivity index (χ4v) is 2.49. The van der Waals surface area contributed by atoms with Crippen molar-refractivity contribution >= 4 is 23.3 Å².